The summed E-state index contributed by atoms with van der Waals surface area (Å²) in [4.78, 5) is 11.7. The fraction of sp³-hybridized carbons (Fsp3) is 0.462. The Balaban J connectivity index is 0.00000324. The highest BCUT2D eigenvalue weighted by Gasteiger charge is 2.17. The van der Waals surface area contributed by atoms with Crippen LogP contribution in [-0.2, 0) is 16.0 Å². The van der Waals surface area contributed by atoms with Gasteiger partial charge in [-0.05, 0) is 31.0 Å². The van der Waals surface area contributed by atoms with E-state index in [1.54, 1.807) is 0 Å². The molecule has 0 spiro atoms. The van der Waals surface area contributed by atoms with Crippen molar-refractivity contribution in [3.8, 4) is 0 Å². The topological polar surface area (TPSA) is 64.3 Å². The van der Waals surface area contributed by atoms with Crippen molar-refractivity contribution in [3.05, 3.63) is 34.3 Å². The van der Waals surface area contributed by atoms with Crippen molar-refractivity contribution >= 4 is 34.2 Å². The first-order valence-electron chi connectivity index (χ1n) is 5.84. The van der Waals surface area contributed by atoms with Crippen molar-refractivity contribution < 1.29 is 9.53 Å². The molecule has 1 aromatic carbocycles. The Bertz CT molecular complexity index is 383. The van der Waals surface area contributed by atoms with Gasteiger partial charge in [-0.2, -0.15) is 0 Å². The number of halogens is 2. The first-order valence-corrected chi connectivity index (χ1v) is 6.63. The first-order chi connectivity index (χ1) is 8.56. The minimum Gasteiger partial charge on any atom is -0.370 e. The fourth-order valence-corrected chi connectivity index (χ4v) is 1.94. The number of benzene rings is 1. The average molecular weight is 352 g/mol. The van der Waals surface area contributed by atoms with Gasteiger partial charge >= 0.3 is 0 Å². The Labute approximate surface area is 128 Å². The van der Waals surface area contributed by atoms with Crippen molar-refractivity contribution in [3.63, 3.8) is 0 Å². The van der Waals surface area contributed by atoms with Gasteiger partial charge < -0.3 is 15.8 Å². The molecule has 19 heavy (non-hydrogen) atoms. The molecule has 0 aromatic heterocycles. The van der Waals surface area contributed by atoms with Gasteiger partial charge in [0, 0.05) is 24.2 Å². The number of amides is 1. The number of ether oxygens (including phenoxy) is 1. The van der Waals surface area contributed by atoms with Gasteiger partial charge in [-0.15, -0.1) is 12.4 Å². The summed E-state index contributed by atoms with van der Waals surface area (Å²) in [6, 6.07) is 8.08. The zero-order chi connectivity index (χ0) is 13.5. The Morgan fingerprint density at radius 2 is 2.00 bits per heavy atom. The fourth-order valence-electron chi connectivity index (χ4n) is 1.67. The van der Waals surface area contributed by atoms with Gasteiger partial charge in [0.1, 0.15) is 6.10 Å². The molecule has 0 bridgehead atoms. The molecule has 3 N–H and O–H groups in total. The van der Waals surface area contributed by atoms with Crippen LogP contribution in [0.5, 0.6) is 0 Å². The van der Waals surface area contributed by atoms with E-state index >= 15 is 0 Å². The van der Waals surface area contributed by atoms with Crippen molar-refractivity contribution in [1.29, 1.82) is 0 Å². The molecule has 6 heteroatoms. The Morgan fingerprint density at radius 1 is 1.42 bits per heavy atom. The van der Waals surface area contributed by atoms with Crippen molar-refractivity contribution in [2.75, 3.05) is 13.7 Å². The molecule has 2 unspecified atom stereocenters. The molecule has 1 aromatic rings. The second-order valence-electron chi connectivity index (χ2n) is 4.20. The number of hydrogen-bond donors (Lipinski definition) is 2. The number of carbonyl (C=O) groups is 1. The molecule has 0 aliphatic carbocycles. The molecule has 108 valence electrons. The third-order valence-corrected chi connectivity index (χ3v) is 3.16. The van der Waals surface area contributed by atoms with Gasteiger partial charge in [-0.3, -0.25) is 4.79 Å². The van der Waals surface area contributed by atoms with Crippen LogP contribution in [-0.4, -0.2) is 31.7 Å². The monoisotopic (exact) mass is 350 g/mol. The van der Waals surface area contributed by atoms with Gasteiger partial charge in [0.25, 0.3) is 5.91 Å². The van der Waals surface area contributed by atoms with Gasteiger partial charge in [0.2, 0.25) is 0 Å². The van der Waals surface area contributed by atoms with Crippen LogP contribution in [0.3, 0.4) is 0 Å². The maximum atomic E-state index is 11.7. The molecule has 0 radical (unpaired) electrons. The summed E-state index contributed by atoms with van der Waals surface area (Å²) in [5.74, 6) is -0.162. The second-order valence-corrected chi connectivity index (χ2v) is 5.12. The van der Waals surface area contributed by atoms with Crippen LogP contribution in [0.2, 0.25) is 0 Å². The molecule has 0 saturated heterocycles. The Hall–Kier alpha value is -0.620. The summed E-state index contributed by atoms with van der Waals surface area (Å²) in [6.45, 7) is 2.15. The SMILES string of the molecule is COC(CN)C(=O)NC(C)Cc1ccc(Br)cc1.Cl. The number of nitrogens with two attached hydrogens (primary N) is 1. The summed E-state index contributed by atoms with van der Waals surface area (Å²) in [5, 5.41) is 2.89. The van der Waals surface area contributed by atoms with Gasteiger partial charge in [0.15, 0.2) is 0 Å². The standard InChI is InChI=1S/C13H19BrN2O2.ClH/c1-9(16-13(17)12(8-15)18-2)7-10-3-5-11(14)6-4-10;/h3-6,9,12H,7-8,15H2,1-2H3,(H,16,17);1H. The van der Waals surface area contributed by atoms with Crippen LogP contribution in [0.25, 0.3) is 0 Å². The normalized spacial score (nSPS) is 13.3. The Morgan fingerprint density at radius 3 is 2.47 bits per heavy atom. The molecule has 4 nitrogen and oxygen atoms in total. The summed E-state index contributed by atoms with van der Waals surface area (Å²) >= 11 is 3.39. The number of nitrogens with one attached hydrogen (secondary N) is 1. The molecule has 2 atom stereocenters. The lowest BCUT2D eigenvalue weighted by Gasteiger charge is -2.18. The molecule has 0 heterocycles. The van der Waals surface area contributed by atoms with Crippen molar-refractivity contribution in [2.45, 2.75) is 25.5 Å². The first kappa shape index (κ1) is 18.4. The summed E-state index contributed by atoms with van der Waals surface area (Å²) in [5.41, 5.74) is 6.61. The maximum absolute atomic E-state index is 11.7. The average Bonchev–Trinajstić information content (AvgIpc) is 2.33. The minimum atomic E-state index is -0.572. The quantitative estimate of drug-likeness (QED) is 0.822. The van der Waals surface area contributed by atoms with Crippen LogP contribution < -0.4 is 11.1 Å². The predicted molar refractivity (Wildman–Crippen MR) is 82.6 cm³/mol. The molecule has 0 aliphatic rings. The van der Waals surface area contributed by atoms with Gasteiger partial charge in [0.05, 0.1) is 0 Å². The second kappa shape index (κ2) is 9.31. The zero-order valence-electron chi connectivity index (χ0n) is 11.1. The minimum absolute atomic E-state index is 0. The van der Waals surface area contributed by atoms with E-state index in [1.165, 1.54) is 12.7 Å². The number of hydrogen-bond acceptors (Lipinski definition) is 3. The lowest BCUT2D eigenvalue weighted by molar-refractivity contribution is -0.131. The molecular formula is C13H20BrClN2O2. The molecule has 1 rings (SSSR count). The lowest BCUT2D eigenvalue weighted by Crippen LogP contribution is -2.44. The third-order valence-electron chi connectivity index (χ3n) is 2.63. The van der Waals surface area contributed by atoms with E-state index < -0.39 is 6.10 Å². The van der Waals surface area contributed by atoms with Crippen LogP contribution in [0, 0.1) is 0 Å². The van der Waals surface area contributed by atoms with E-state index in [4.69, 9.17) is 10.5 Å². The predicted octanol–water partition coefficient (Wildman–Crippen LogP) is 1.89. The summed E-state index contributed by atoms with van der Waals surface area (Å²) in [7, 11) is 1.48. The largest absolute Gasteiger partial charge is 0.370 e. The van der Waals surface area contributed by atoms with Crippen LogP contribution in [0.15, 0.2) is 28.7 Å². The highest BCUT2D eigenvalue weighted by atomic mass is 79.9. The lowest BCUT2D eigenvalue weighted by atomic mass is 10.1. The van der Waals surface area contributed by atoms with E-state index in [-0.39, 0.29) is 30.9 Å². The van der Waals surface area contributed by atoms with E-state index in [0.717, 1.165) is 10.9 Å². The van der Waals surface area contributed by atoms with E-state index in [1.807, 2.05) is 31.2 Å². The molecule has 0 aliphatic heterocycles. The van der Waals surface area contributed by atoms with E-state index in [9.17, 15) is 4.79 Å². The highest BCUT2D eigenvalue weighted by molar-refractivity contribution is 9.10. The van der Waals surface area contributed by atoms with Gasteiger partial charge in [-0.25, -0.2) is 0 Å². The summed E-state index contributed by atoms with van der Waals surface area (Å²) in [6.07, 6.45) is 0.206. The van der Waals surface area contributed by atoms with Crippen LogP contribution in [0.1, 0.15) is 12.5 Å². The Kier molecular flexibility index (Phi) is 9.01. The van der Waals surface area contributed by atoms with Crippen molar-refractivity contribution in [1.82, 2.24) is 5.32 Å². The zero-order valence-corrected chi connectivity index (χ0v) is 13.5. The van der Waals surface area contributed by atoms with Gasteiger partial charge in [-0.1, -0.05) is 28.1 Å². The molecular weight excluding hydrogens is 332 g/mol. The van der Waals surface area contributed by atoms with E-state index in [0.29, 0.717) is 0 Å². The van der Waals surface area contributed by atoms with Crippen molar-refractivity contribution in [2.24, 2.45) is 5.73 Å². The van der Waals surface area contributed by atoms with Crippen LogP contribution in [0.4, 0.5) is 0 Å². The van der Waals surface area contributed by atoms with E-state index in [2.05, 4.69) is 21.2 Å². The number of rotatable bonds is 6. The maximum Gasteiger partial charge on any atom is 0.250 e. The molecule has 0 saturated carbocycles. The highest BCUT2D eigenvalue weighted by Crippen LogP contribution is 2.11. The smallest absolute Gasteiger partial charge is 0.250 e. The number of methoxy groups -OCH3 is 1. The molecule has 0 fully saturated rings. The molecule has 1 amide bonds. The number of carbonyl (C=O) groups excluding carboxylic acids is 1. The third kappa shape index (κ3) is 6.38. The summed E-state index contributed by atoms with van der Waals surface area (Å²) < 4.78 is 6.03. The van der Waals surface area contributed by atoms with Crippen LogP contribution >= 0.6 is 28.3 Å².